The van der Waals surface area contributed by atoms with E-state index in [1.807, 2.05) is 24.1 Å². The van der Waals surface area contributed by atoms with Gasteiger partial charge in [-0.15, -0.1) is 0 Å². The van der Waals surface area contributed by atoms with Gasteiger partial charge in [-0.05, 0) is 24.7 Å². The topological polar surface area (TPSA) is 36.3 Å². The molecule has 84 valence electrons. The molecule has 16 heavy (non-hydrogen) atoms. The van der Waals surface area contributed by atoms with Gasteiger partial charge in [0.2, 0.25) is 0 Å². The number of hydrogen-bond acceptors (Lipinski definition) is 3. The Hall–Kier alpha value is -1.24. The van der Waals surface area contributed by atoms with Gasteiger partial charge < -0.3 is 4.74 Å². The van der Waals surface area contributed by atoms with Gasteiger partial charge in [0, 0.05) is 23.6 Å². The first kappa shape index (κ1) is 11.3. The number of benzene rings is 1. The van der Waals surface area contributed by atoms with Crippen molar-refractivity contribution in [1.82, 2.24) is 4.90 Å². The lowest BCUT2D eigenvalue weighted by molar-refractivity contribution is 0.331. The van der Waals surface area contributed by atoms with E-state index in [2.05, 4.69) is 6.07 Å². The van der Waals surface area contributed by atoms with Crippen molar-refractivity contribution in [3.05, 3.63) is 28.3 Å². The first-order valence-electron chi connectivity index (χ1n) is 5.20. The molecule has 0 fully saturated rings. The first-order valence-corrected chi connectivity index (χ1v) is 5.58. The standard InChI is InChI=1S/C12H13ClN2O/c1-15(4-3-14)8-10-7-11(13)6-9-2-5-16-12(9)10/h6-7H,2,4-5,8H2,1H3. The highest BCUT2D eigenvalue weighted by molar-refractivity contribution is 6.30. The number of hydrogen-bond donors (Lipinski definition) is 0. The molecule has 1 aromatic carbocycles. The van der Waals surface area contributed by atoms with Gasteiger partial charge in [0.1, 0.15) is 5.75 Å². The second-order valence-corrected chi connectivity index (χ2v) is 4.42. The average Bonchev–Trinajstić information content (AvgIpc) is 2.65. The van der Waals surface area contributed by atoms with Crippen molar-refractivity contribution in [3.8, 4) is 11.8 Å². The number of halogens is 1. The minimum absolute atomic E-state index is 0.404. The van der Waals surface area contributed by atoms with Gasteiger partial charge >= 0.3 is 0 Å². The van der Waals surface area contributed by atoms with Crippen LogP contribution in [0.1, 0.15) is 11.1 Å². The number of nitrogens with zero attached hydrogens (tertiary/aromatic N) is 2. The molecule has 0 aliphatic carbocycles. The highest BCUT2D eigenvalue weighted by atomic mass is 35.5. The number of rotatable bonds is 3. The summed E-state index contributed by atoms with van der Waals surface area (Å²) < 4.78 is 5.60. The summed E-state index contributed by atoms with van der Waals surface area (Å²) in [6.07, 6.45) is 0.921. The third kappa shape index (κ3) is 2.29. The molecule has 0 unspecified atom stereocenters. The van der Waals surface area contributed by atoms with E-state index >= 15 is 0 Å². The van der Waals surface area contributed by atoms with Crippen LogP contribution in [0.15, 0.2) is 12.1 Å². The molecular formula is C12H13ClN2O. The molecule has 0 saturated heterocycles. The van der Waals surface area contributed by atoms with Gasteiger partial charge in [-0.3, -0.25) is 4.90 Å². The molecule has 0 atom stereocenters. The maximum absolute atomic E-state index is 8.61. The van der Waals surface area contributed by atoms with Crippen molar-refractivity contribution in [2.45, 2.75) is 13.0 Å². The predicted molar refractivity (Wildman–Crippen MR) is 62.6 cm³/mol. The molecule has 0 spiro atoms. The van der Waals surface area contributed by atoms with Gasteiger partial charge in [0.15, 0.2) is 0 Å². The Bertz CT molecular complexity index is 439. The van der Waals surface area contributed by atoms with E-state index < -0.39 is 0 Å². The van der Waals surface area contributed by atoms with Crippen LogP contribution in [0.3, 0.4) is 0 Å². The maximum atomic E-state index is 8.61. The number of fused-ring (bicyclic) bond motifs is 1. The third-order valence-corrected chi connectivity index (χ3v) is 2.82. The molecular weight excluding hydrogens is 224 g/mol. The molecule has 1 aliphatic heterocycles. The SMILES string of the molecule is CN(CC#N)Cc1cc(Cl)cc2c1OCC2. The third-order valence-electron chi connectivity index (χ3n) is 2.61. The Labute approximate surface area is 100 Å². The summed E-state index contributed by atoms with van der Waals surface area (Å²) in [5.41, 5.74) is 2.24. The Kier molecular flexibility index (Phi) is 3.33. The highest BCUT2D eigenvalue weighted by Crippen LogP contribution is 2.33. The van der Waals surface area contributed by atoms with Gasteiger partial charge in [0.05, 0.1) is 19.2 Å². The Balaban J connectivity index is 2.24. The molecule has 0 N–H and O–H groups in total. The molecule has 2 rings (SSSR count). The molecule has 4 heteroatoms. The van der Waals surface area contributed by atoms with Gasteiger partial charge in [-0.2, -0.15) is 5.26 Å². The zero-order valence-corrected chi connectivity index (χ0v) is 9.92. The molecule has 0 radical (unpaired) electrons. The van der Waals surface area contributed by atoms with Crippen LogP contribution in [0.25, 0.3) is 0 Å². The average molecular weight is 237 g/mol. The normalized spacial score (nSPS) is 13.4. The minimum atomic E-state index is 0.404. The summed E-state index contributed by atoms with van der Waals surface area (Å²) in [5, 5.41) is 9.35. The lowest BCUT2D eigenvalue weighted by Gasteiger charge is -2.15. The Morgan fingerprint density at radius 3 is 3.12 bits per heavy atom. The second-order valence-electron chi connectivity index (χ2n) is 3.98. The van der Waals surface area contributed by atoms with Crippen LogP contribution in [0.4, 0.5) is 0 Å². The van der Waals surface area contributed by atoms with Crippen LogP contribution in [-0.4, -0.2) is 25.1 Å². The van der Waals surface area contributed by atoms with Crippen LogP contribution in [0, 0.1) is 11.3 Å². The minimum Gasteiger partial charge on any atom is -0.493 e. The lowest BCUT2D eigenvalue weighted by Crippen LogP contribution is -2.18. The zero-order chi connectivity index (χ0) is 11.5. The van der Waals surface area contributed by atoms with Crippen LogP contribution >= 0.6 is 11.6 Å². The van der Waals surface area contributed by atoms with E-state index in [9.17, 15) is 0 Å². The summed E-state index contributed by atoms with van der Waals surface area (Å²) in [5.74, 6) is 0.953. The van der Waals surface area contributed by atoms with Gasteiger partial charge in [0.25, 0.3) is 0 Å². The fourth-order valence-electron chi connectivity index (χ4n) is 1.93. The fraction of sp³-hybridized carbons (Fsp3) is 0.417. The van der Waals surface area contributed by atoms with E-state index in [1.54, 1.807) is 0 Å². The van der Waals surface area contributed by atoms with E-state index in [4.69, 9.17) is 21.6 Å². The summed E-state index contributed by atoms with van der Waals surface area (Å²) >= 11 is 6.05. The van der Waals surface area contributed by atoms with Crippen molar-refractivity contribution in [2.75, 3.05) is 20.2 Å². The van der Waals surface area contributed by atoms with E-state index in [0.717, 1.165) is 29.4 Å². The van der Waals surface area contributed by atoms with Crippen molar-refractivity contribution in [2.24, 2.45) is 0 Å². The van der Waals surface area contributed by atoms with E-state index in [0.29, 0.717) is 13.1 Å². The van der Waals surface area contributed by atoms with Crippen molar-refractivity contribution < 1.29 is 4.74 Å². The van der Waals surface area contributed by atoms with Crippen LogP contribution in [0.2, 0.25) is 5.02 Å². The maximum Gasteiger partial charge on any atom is 0.127 e. The molecule has 1 aromatic rings. The predicted octanol–water partition coefficient (Wildman–Crippen LogP) is 2.23. The number of ether oxygens (including phenoxy) is 1. The molecule has 0 saturated carbocycles. The van der Waals surface area contributed by atoms with Gasteiger partial charge in [-0.25, -0.2) is 0 Å². The quantitative estimate of drug-likeness (QED) is 0.756. The molecule has 0 amide bonds. The molecule has 3 nitrogen and oxygen atoms in total. The van der Waals surface area contributed by atoms with Crippen LogP contribution < -0.4 is 4.74 Å². The monoisotopic (exact) mass is 236 g/mol. The first-order chi connectivity index (χ1) is 7.70. The Morgan fingerprint density at radius 1 is 1.56 bits per heavy atom. The lowest BCUT2D eigenvalue weighted by atomic mass is 10.1. The fourth-order valence-corrected chi connectivity index (χ4v) is 2.19. The van der Waals surface area contributed by atoms with Gasteiger partial charge in [-0.1, -0.05) is 11.6 Å². The Morgan fingerprint density at radius 2 is 2.38 bits per heavy atom. The second kappa shape index (κ2) is 4.73. The van der Waals surface area contributed by atoms with Crippen molar-refractivity contribution in [3.63, 3.8) is 0 Å². The summed E-state index contributed by atoms with van der Waals surface area (Å²) in [4.78, 5) is 1.94. The molecule has 0 aromatic heterocycles. The molecule has 1 aliphatic rings. The highest BCUT2D eigenvalue weighted by Gasteiger charge is 2.18. The summed E-state index contributed by atoms with van der Waals surface area (Å²) in [6.45, 7) is 1.82. The van der Waals surface area contributed by atoms with Crippen LogP contribution in [-0.2, 0) is 13.0 Å². The summed E-state index contributed by atoms with van der Waals surface area (Å²) in [7, 11) is 1.91. The largest absolute Gasteiger partial charge is 0.493 e. The molecule has 1 heterocycles. The smallest absolute Gasteiger partial charge is 0.127 e. The van der Waals surface area contributed by atoms with Crippen molar-refractivity contribution >= 4 is 11.6 Å². The molecule has 0 bridgehead atoms. The summed E-state index contributed by atoms with van der Waals surface area (Å²) in [6, 6.07) is 5.99. The van der Waals surface area contributed by atoms with Crippen LogP contribution in [0.5, 0.6) is 5.75 Å². The van der Waals surface area contributed by atoms with E-state index in [-0.39, 0.29) is 0 Å². The van der Waals surface area contributed by atoms with Crippen molar-refractivity contribution in [1.29, 1.82) is 5.26 Å². The number of nitriles is 1. The van der Waals surface area contributed by atoms with E-state index in [1.165, 1.54) is 5.56 Å². The zero-order valence-electron chi connectivity index (χ0n) is 9.16.